The Morgan fingerprint density at radius 2 is 2.46 bits per heavy atom. The van der Waals surface area contributed by atoms with Crippen LogP contribution in [-0.2, 0) is 16.1 Å². The average molecular weight is 183 g/mol. The zero-order chi connectivity index (χ0) is 9.68. The zero-order valence-corrected chi connectivity index (χ0v) is 7.80. The van der Waals surface area contributed by atoms with Gasteiger partial charge in [-0.15, -0.1) is 0 Å². The van der Waals surface area contributed by atoms with Crippen LogP contribution in [0.5, 0.6) is 0 Å². The van der Waals surface area contributed by atoms with Crippen LogP contribution in [0, 0.1) is 5.92 Å². The van der Waals surface area contributed by atoms with E-state index in [4.69, 9.17) is 4.74 Å². The van der Waals surface area contributed by atoms with Gasteiger partial charge in [0.25, 0.3) is 0 Å². The molecule has 0 aliphatic rings. The summed E-state index contributed by atoms with van der Waals surface area (Å²) in [5.74, 6) is -0.375. The quantitative estimate of drug-likeness (QED) is 0.637. The van der Waals surface area contributed by atoms with Crippen molar-refractivity contribution < 1.29 is 9.53 Å². The highest BCUT2D eigenvalue weighted by molar-refractivity contribution is 5.71. The van der Waals surface area contributed by atoms with Gasteiger partial charge in [0, 0.05) is 0 Å². The molecule has 1 rings (SSSR count). The van der Waals surface area contributed by atoms with E-state index in [-0.39, 0.29) is 11.9 Å². The highest BCUT2D eigenvalue weighted by atomic mass is 16.5. The molecule has 0 aromatic carbocycles. The van der Waals surface area contributed by atoms with Crippen LogP contribution >= 0.6 is 0 Å². The number of rotatable bonds is 4. The largest absolute Gasteiger partial charge is 0.466 e. The summed E-state index contributed by atoms with van der Waals surface area (Å²) in [7, 11) is 0. The molecule has 1 heterocycles. The molecule has 1 aromatic heterocycles. The Bertz CT molecular complexity index is 258. The predicted molar refractivity (Wildman–Crippen MR) is 45.8 cm³/mol. The Morgan fingerprint density at radius 3 is 3.00 bits per heavy atom. The second-order valence-electron chi connectivity index (χ2n) is 2.77. The summed E-state index contributed by atoms with van der Waals surface area (Å²) in [5.41, 5.74) is 0. The lowest BCUT2D eigenvalue weighted by Gasteiger charge is -2.09. The van der Waals surface area contributed by atoms with Gasteiger partial charge in [-0.25, -0.2) is 4.98 Å². The summed E-state index contributed by atoms with van der Waals surface area (Å²) in [6, 6.07) is 0. The molecule has 0 saturated carbocycles. The van der Waals surface area contributed by atoms with Crippen molar-refractivity contribution in [1.82, 2.24) is 14.8 Å². The number of aromatic nitrogens is 3. The van der Waals surface area contributed by atoms with Gasteiger partial charge in [-0.2, -0.15) is 5.10 Å². The lowest BCUT2D eigenvalue weighted by molar-refractivity contribution is -0.147. The average Bonchev–Trinajstić information content (AvgIpc) is 2.57. The number of ether oxygens (including phenoxy) is 1. The molecule has 1 atom stereocenters. The maximum atomic E-state index is 11.2. The minimum Gasteiger partial charge on any atom is -0.466 e. The van der Waals surface area contributed by atoms with E-state index in [0.29, 0.717) is 13.2 Å². The van der Waals surface area contributed by atoms with Crippen molar-refractivity contribution in [3.63, 3.8) is 0 Å². The molecule has 0 aliphatic heterocycles. The highest BCUT2D eigenvalue weighted by Gasteiger charge is 2.14. The fraction of sp³-hybridized carbons (Fsp3) is 0.625. The van der Waals surface area contributed by atoms with Gasteiger partial charge in [-0.05, 0) is 6.92 Å². The SMILES string of the molecule is CCOC(=O)C(C)Cn1cncn1. The summed E-state index contributed by atoms with van der Waals surface area (Å²) < 4.78 is 6.46. The maximum Gasteiger partial charge on any atom is 0.310 e. The zero-order valence-electron chi connectivity index (χ0n) is 7.80. The molecule has 0 radical (unpaired) electrons. The molecule has 0 N–H and O–H groups in total. The molecule has 1 aromatic rings. The van der Waals surface area contributed by atoms with Crippen molar-refractivity contribution in [2.75, 3.05) is 6.61 Å². The van der Waals surface area contributed by atoms with Crippen molar-refractivity contribution in [3.8, 4) is 0 Å². The van der Waals surface area contributed by atoms with Crippen LogP contribution in [0.3, 0.4) is 0 Å². The molecule has 5 heteroatoms. The van der Waals surface area contributed by atoms with Crippen molar-refractivity contribution in [2.24, 2.45) is 5.92 Å². The van der Waals surface area contributed by atoms with Crippen LogP contribution in [0.25, 0.3) is 0 Å². The first-order valence-corrected chi connectivity index (χ1v) is 4.23. The van der Waals surface area contributed by atoms with Crippen LogP contribution in [0.2, 0.25) is 0 Å². The van der Waals surface area contributed by atoms with Crippen LogP contribution in [0.1, 0.15) is 13.8 Å². The molecule has 0 aliphatic carbocycles. The normalized spacial score (nSPS) is 12.5. The number of hydrogen-bond acceptors (Lipinski definition) is 4. The van der Waals surface area contributed by atoms with Gasteiger partial charge in [0.15, 0.2) is 0 Å². The van der Waals surface area contributed by atoms with Crippen molar-refractivity contribution in [1.29, 1.82) is 0 Å². The van der Waals surface area contributed by atoms with Gasteiger partial charge in [-0.1, -0.05) is 6.92 Å². The smallest absolute Gasteiger partial charge is 0.310 e. The molecule has 0 saturated heterocycles. The van der Waals surface area contributed by atoms with E-state index >= 15 is 0 Å². The number of nitrogens with zero attached hydrogens (tertiary/aromatic N) is 3. The van der Waals surface area contributed by atoms with E-state index < -0.39 is 0 Å². The Hall–Kier alpha value is -1.39. The highest BCUT2D eigenvalue weighted by Crippen LogP contribution is 2.01. The molecule has 5 nitrogen and oxygen atoms in total. The van der Waals surface area contributed by atoms with E-state index in [2.05, 4.69) is 10.1 Å². The fourth-order valence-electron chi connectivity index (χ4n) is 0.967. The third-order valence-corrected chi connectivity index (χ3v) is 1.62. The fourth-order valence-corrected chi connectivity index (χ4v) is 0.967. The van der Waals surface area contributed by atoms with Gasteiger partial charge in [0.2, 0.25) is 0 Å². The summed E-state index contributed by atoms with van der Waals surface area (Å²) in [5, 5.41) is 3.90. The lowest BCUT2D eigenvalue weighted by Crippen LogP contribution is -2.20. The van der Waals surface area contributed by atoms with Gasteiger partial charge >= 0.3 is 5.97 Å². The van der Waals surface area contributed by atoms with E-state index in [1.807, 2.05) is 0 Å². The third-order valence-electron chi connectivity index (χ3n) is 1.62. The van der Waals surface area contributed by atoms with Crippen molar-refractivity contribution in [2.45, 2.75) is 20.4 Å². The van der Waals surface area contributed by atoms with Gasteiger partial charge in [0.05, 0.1) is 19.1 Å². The molecular weight excluding hydrogens is 170 g/mol. The van der Waals surface area contributed by atoms with Crippen LogP contribution < -0.4 is 0 Å². The summed E-state index contributed by atoms with van der Waals surface area (Å²) in [6.45, 7) is 4.53. The third kappa shape index (κ3) is 2.85. The lowest BCUT2D eigenvalue weighted by atomic mass is 10.2. The van der Waals surface area contributed by atoms with Gasteiger partial charge in [0.1, 0.15) is 12.7 Å². The van der Waals surface area contributed by atoms with Crippen LogP contribution in [0.15, 0.2) is 12.7 Å². The molecule has 0 amide bonds. The Morgan fingerprint density at radius 1 is 1.69 bits per heavy atom. The molecule has 0 bridgehead atoms. The monoisotopic (exact) mass is 183 g/mol. The van der Waals surface area contributed by atoms with Gasteiger partial charge in [-0.3, -0.25) is 9.48 Å². The van der Waals surface area contributed by atoms with Crippen molar-refractivity contribution in [3.05, 3.63) is 12.7 Å². The molecule has 72 valence electrons. The Balaban J connectivity index is 2.41. The summed E-state index contributed by atoms with van der Waals surface area (Å²) in [4.78, 5) is 15.0. The van der Waals surface area contributed by atoms with E-state index in [0.717, 1.165) is 0 Å². The minimum absolute atomic E-state index is 0.179. The van der Waals surface area contributed by atoms with Crippen LogP contribution in [0.4, 0.5) is 0 Å². The Kier molecular flexibility index (Phi) is 3.42. The maximum absolute atomic E-state index is 11.2. The number of carbonyl (C=O) groups is 1. The first-order chi connectivity index (χ1) is 6.24. The van der Waals surface area contributed by atoms with E-state index in [9.17, 15) is 4.79 Å². The summed E-state index contributed by atoms with van der Waals surface area (Å²) in [6.07, 6.45) is 3.02. The second kappa shape index (κ2) is 4.59. The summed E-state index contributed by atoms with van der Waals surface area (Å²) >= 11 is 0. The first-order valence-electron chi connectivity index (χ1n) is 4.23. The van der Waals surface area contributed by atoms with Gasteiger partial charge < -0.3 is 4.74 Å². The standard InChI is InChI=1S/C8H13N3O2/c1-3-13-8(12)7(2)4-11-6-9-5-10-11/h5-7H,3-4H2,1-2H3. The minimum atomic E-state index is -0.196. The number of hydrogen-bond donors (Lipinski definition) is 0. The molecule has 13 heavy (non-hydrogen) atoms. The first kappa shape index (κ1) is 9.70. The van der Waals surface area contributed by atoms with E-state index in [1.54, 1.807) is 24.9 Å². The predicted octanol–water partition coefficient (Wildman–Crippen LogP) is 0.477. The second-order valence-corrected chi connectivity index (χ2v) is 2.77. The van der Waals surface area contributed by atoms with E-state index in [1.165, 1.54) is 6.33 Å². The molecule has 0 spiro atoms. The Labute approximate surface area is 76.7 Å². The number of esters is 1. The molecule has 1 unspecified atom stereocenters. The topological polar surface area (TPSA) is 57.0 Å². The van der Waals surface area contributed by atoms with Crippen LogP contribution in [-0.4, -0.2) is 27.3 Å². The number of carbonyl (C=O) groups excluding carboxylic acids is 1. The molecule has 0 fully saturated rings. The molecular formula is C8H13N3O2. The van der Waals surface area contributed by atoms with Crippen molar-refractivity contribution >= 4 is 5.97 Å².